The number of fused-ring (bicyclic) bond motifs is 2. The van der Waals surface area contributed by atoms with Gasteiger partial charge in [0.15, 0.2) is 0 Å². The van der Waals surface area contributed by atoms with Crippen LogP contribution in [0.3, 0.4) is 0 Å². The molecule has 2 aliphatic heterocycles. The molecule has 5 nitrogen and oxygen atoms in total. The number of rotatable bonds is 2. The number of nitrogens with zero attached hydrogens (tertiary/aromatic N) is 2. The van der Waals surface area contributed by atoms with Crippen molar-refractivity contribution in [2.24, 2.45) is 0 Å². The van der Waals surface area contributed by atoms with Crippen LogP contribution in [0.2, 0.25) is 0 Å². The Balaban J connectivity index is 1.70. The molecule has 0 fully saturated rings. The highest BCUT2D eigenvalue weighted by atomic mass is 16.2. The Morgan fingerprint density at radius 2 is 1.80 bits per heavy atom. The van der Waals surface area contributed by atoms with E-state index in [1.165, 1.54) is 0 Å². The topological polar surface area (TPSA) is 68.2 Å². The van der Waals surface area contributed by atoms with Crippen molar-refractivity contribution in [3.8, 4) is 6.07 Å². The van der Waals surface area contributed by atoms with E-state index < -0.39 is 5.41 Å². The maximum absolute atomic E-state index is 12.6. The maximum atomic E-state index is 12.6. The zero-order valence-electron chi connectivity index (χ0n) is 14.6. The Kier molecular flexibility index (Phi) is 3.26. The molecule has 2 aromatic carbocycles. The van der Waals surface area contributed by atoms with Crippen LogP contribution < -0.4 is 15.5 Å². The Hall–Kier alpha value is -3.00. The molecular weight excluding hydrogens is 312 g/mol. The monoisotopic (exact) mass is 332 g/mol. The molecule has 0 saturated carbocycles. The molecule has 0 aliphatic carbocycles. The molecule has 1 amide bonds. The van der Waals surface area contributed by atoms with Crippen LogP contribution >= 0.6 is 0 Å². The van der Waals surface area contributed by atoms with Gasteiger partial charge < -0.3 is 15.5 Å². The van der Waals surface area contributed by atoms with Crippen molar-refractivity contribution in [2.45, 2.75) is 32.4 Å². The van der Waals surface area contributed by atoms with Gasteiger partial charge in [-0.2, -0.15) is 5.26 Å². The molecule has 0 saturated heterocycles. The van der Waals surface area contributed by atoms with Crippen molar-refractivity contribution in [2.75, 3.05) is 22.1 Å². The summed E-state index contributed by atoms with van der Waals surface area (Å²) in [5, 5.41) is 15.9. The second-order valence-corrected chi connectivity index (χ2v) is 7.04. The predicted molar refractivity (Wildman–Crippen MR) is 98.6 cm³/mol. The second kappa shape index (κ2) is 5.25. The average Bonchev–Trinajstić information content (AvgIpc) is 3.11. The number of hydrogen-bond donors (Lipinski definition) is 2. The minimum atomic E-state index is -0.505. The highest BCUT2D eigenvalue weighted by molar-refractivity contribution is 6.09. The van der Waals surface area contributed by atoms with Gasteiger partial charge in [-0.15, -0.1) is 0 Å². The van der Waals surface area contributed by atoms with E-state index in [1.807, 2.05) is 49.9 Å². The quantitative estimate of drug-likeness (QED) is 0.879. The molecular formula is C20H20N4O. The molecule has 0 aromatic heterocycles. The molecule has 126 valence electrons. The zero-order chi connectivity index (χ0) is 17.8. The standard InChI is InChI=1S/C20H20N4O/c1-4-24-17-10-16-15(9-14(17)20(2,3)19(24)25)22-18(23-16)13-7-5-12(11-21)6-8-13/h5-10,18,22-23H,4H2,1-3H3. The number of likely N-dealkylation sites (N-methyl/N-ethyl adjacent to an activating group) is 1. The van der Waals surface area contributed by atoms with Gasteiger partial charge in [0.1, 0.15) is 6.17 Å². The normalized spacial score (nSPS) is 19.7. The van der Waals surface area contributed by atoms with Gasteiger partial charge >= 0.3 is 0 Å². The van der Waals surface area contributed by atoms with Crippen molar-refractivity contribution in [3.63, 3.8) is 0 Å². The van der Waals surface area contributed by atoms with E-state index in [9.17, 15) is 4.79 Å². The molecule has 2 aromatic rings. The average molecular weight is 332 g/mol. The Labute approximate surface area is 147 Å². The maximum Gasteiger partial charge on any atom is 0.237 e. The van der Waals surface area contributed by atoms with E-state index in [4.69, 9.17) is 5.26 Å². The Morgan fingerprint density at radius 3 is 2.40 bits per heavy atom. The first-order valence-corrected chi connectivity index (χ1v) is 8.49. The molecule has 5 heteroatoms. The Morgan fingerprint density at radius 1 is 1.16 bits per heavy atom. The number of carbonyl (C=O) groups excluding carboxylic acids is 1. The molecule has 2 heterocycles. The fourth-order valence-corrected chi connectivity index (χ4v) is 3.69. The van der Waals surface area contributed by atoms with Gasteiger partial charge in [-0.3, -0.25) is 4.79 Å². The number of nitrogens with one attached hydrogen (secondary N) is 2. The molecule has 0 radical (unpaired) electrons. The largest absolute Gasteiger partial charge is 0.360 e. The molecule has 2 aliphatic rings. The lowest BCUT2D eigenvalue weighted by atomic mass is 9.86. The van der Waals surface area contributed by atoms with Gasteiger partial charge in [-0.25, -0.2) is 0 Å². The van der Waals surface area contributed by atoms with Crippen LogP contribution in [0.1, 0.15) is 43.6 Å². The van der Waals surface area contributed by atoms with Crippen molar-refractivity contribution in [1.82, 2.24) is 0 Å². The van der Waals surface area contributed by atoms with Crippen LogP contribution in [-0.4, -0.2) is 12.5 Å². The summed E-state index contributed by atoms with van der Waals surface area (Å²) in [6.45, 7) is 6.63. The van der Waals surface area contributed by atoms with E-state index in [2.05, 4.69) is 28.8 Å². The van der Waals surface area contributed by atoms with Crippen molar-refractivity contribution in [3.05, 3.63) is 53.1 Å². The smallest absolute Gasteiger partial charge is 0.237 e. The minimum absolute atomic E-state index is 0.0424. The summed E-state index contributed by atoms with van der Waals surface area (Å²) in [5.41, 5.74) is 5.27. The minimum Gasteiger partial charge on any atom is -0.360 e. The lowest BCUT2D eigenvalue weighted by molar-refractivity contribution is -0.122. The van der Waals surface area contributed by atoms with Gasteiger partial charge in [-0.1, -0.05) is 12.1 Å². The van der Waals surface area contributed by atoms with Crippen molar-refractivity contribution >= 4 is 23.0 Å². The van der Waals surface area contributed by atoms with E-state index >= 15 is 0 Å². The number of benzene rings is 2. The van der Waals surface area contributed by atoms with E-state index in [1.54, 1.807) is 0 Å². The molecule has 0 spiro atoms. The number of amides is 1. The Bertz CT molecular complexity index is 909. The number of carbonyl (C=O) groups is 1. The van der Waals surface area contributed by atoms with E-state index in [0.717, 1.165) is 28.2 Å². The highest BCUT2D eigenvalue weighted by Gasteiger charge is 2.44. The van der Waals surface area contributed by atoms with Crippen LogP contribution in [0, 0.1) is 11.3 Å². The first-order valence-electron chi connectivity index (χ1n) is 8.49. The first-order chi connectivity index (χ1) is 12.0. The molecule has 1 atom stereocenters. The fourth-order valence-electron chi connectivity index (χ4n) is 3.69. The molecule has 25 heavy (non-hydrogen) atoms. The third-order valence-electron chi connectivity index (χ3n) is 5.17. The van der Waals surface area contributed by atoms with Crippen LogP contribution in [0.4, 0.5) is 17.1 Å². The first kappa shape index (κ1) is 15.5. The summed E-state index contributed by atoms with van der Waals surface area (Å²) < 4.78 is 0. The zero-order valence-corrected chi connectivity index (χ0v) is 14.6. The van der Waals surface area contributed by atoms with Crippen LogP contribution in [0.25, 0.3) is 0 Å². The third-order valence-corrected chi connectivity index (χ3v) is 5.17. The van der Waals surface area contributed by atoms with Crippen molar-refractivity contribution in [1.29, 1.82) is 5.26 Å². The summed E-state index contributed by atoms with van der Waals surface area (Å²) in [5.74, 6) is 0.150. The summed E-state index contributed by atoms with van der Waals surface area (Å²) in [6.07, 6.45) is -0.0424. The van der Waals surface area contributed by atoms with Crippen LogP contribution in [0.15, 0.2) is 36.4 Å². The summed E-state index contributed by atoms with van der Waals surface area (Å²) in [6, 6.07) is 13.8. The lowest BCUT2D eigenvalue weighted by Gasteiger charge is -2.18. The lowest BCUT2D eigenvalue weighted by Crippen LogP contribution is -2.35. The molecule has 4 rings (SSSR count). The fraction of sp³-hybridized carbons (Fsp3) is 0.300. The predicted octanol–water partition coefficient (Wildman–Crippen LogP) is 3.74. The van der Waals surface area contributed by atoms with E-state index in [-0.39, 0.29) is 12.1 Å². The molecule has 1 unspecified atom stereocenters. The summed E-state index contributed by atoms with van der Waals surface area (Å²) in [7, 11) is 0. The molecule has 2 N–H and O–H groups in total. The third kappa shape index (κ3) is 2.18. The summed E-state index contributed by atoms with van der Waals surface area (Å²) >= 11 is 0. The SMILES string of the molecule is CCN1C(=O)C(C)(C)c2cc3c(cc21)NC(c1ccc(C#N)cc1)N3. The molecule has 0 bridgehead atoms. The van der Waals surface area contributed by atoms with Gasteiger partial charge in [0.05, 0.1) is 34.1 Å². The van der Waals surface area contributed by atoms with Gasteiger partial charge in [-0.05, 0) is 56.2 Å². The second-order valence-electron chi connectivity index (χ2n) is 7.04. The highest BCUT2D eigenvalue weighted by Crippen LogP contribution is 2.48. The number of nitriles is 1. The van der Waals surface area contributed by atoms with Gasteiger partial charge in [0, 0.05) is 6.54 Å². The van der Waals surface area contributed by atoms with Crippen molar-refractivity contribution < 1.29 is 4.79 Å². The number of hydrogen-bond acceptors (Lipinski definition) is 4. The van der Waals surface area contributed by atoms with Gasteiger partial charge in [0.2, 0.25) is 5.91 Å². The van der Waals surface area contributed by atoms with Crippen LogP contribution in [-0.2, 0) is 10.2 Å². The van der Waals surface area contributed by atoms with E-state index in [0.29, 0.717) is 12.1 Å². The summed E-state index contributed by atoms with van der Waals surface area (Å²) in [4.78, 5) is 14.5. The van der Waals surface area contributed by atoms with Gasteiger partial charge in [0.25, 0.3) is 0 Å². The number of anilines is 3. The van der Waals surface area contributed by atoms with Crippen LogP contribution in [0.5, 0.6) is 0 Å².